The van der Waals surface area contributed by atoms with E-state index in [4.69, 9.17) is 9.84 Å². The standard InChI is InChI=1S/C28H36N4O3/c1-19(2)17-31(27(34)21-12-10-13-22(15-21)35-7)18-26(33)29-25-16-24(28(4,5)6)30-32(25)23-14-9-8-11-20(23)3/h8-16,19H,17-18H2,1-7H3,(H,29,33). The van der Waals surface area contributed by atoms with Crippen LogP contribution in [-0.4, -0.2) is 46.7 Å². The van der Waals surface area contributed by atoms with Crippen molar-refractivity contribution in [3.63, 3.8) is 0 Å². The predicted molar refractivity (Wildman–Crippen MR) is 139 cm³/mol. The molecule has 0 aliphatic carbocycles. The van der Waals surface area contributed by atoms with Gasteiger partial charge in [-0.3, -0.25) is 9.59 Å². The average Bonchev–Trinajstić information content (AvgIpc) is 3.22. The Kier molecular flexibility index (Phi) is 7.99. The number of hydrogen-bond donors (Lipinski definition) is 1. The van der Waals surface area contributed by atoms with Crippen LogP contribution in [0.2, 0.25) is 0 Å². The Bertz CT molecular complexity index is 1190. The van der Waals surface area contributed by atoms with Crippen LogP contribution in [0.4, 0.5) is 5.82 Å². The minimum atomic E-state index is -0.280. The number of aromatic nitrogens is 2. The lowest BCUT2D eigenvalue weighted by Crippen LogP contribution is -2.40. The van der Waals surface area contributed by atoms with Crippen molar-refractivity contribution in [1.82, 2.24) is 14.7 Å². The number of aryl methyl sites for hydroxylation is 1. The number of benzene rings is 2. The highest BCUT2D eigenvalue weighted by Crippen LogP contribution is 2.27. The van der Waals surface area contributed by atoms with E-state index in [2.05, 4.69) is 26.1 Å². The van der Waals surface area contributed by atoms with Gasteiger partial charge in [-0.2, -0.15) is 5.10 Å². The van der Waals surface area contributed by atoms with Gasteiger partial charge in [-0.05, 0) is 42.7 Å². The summed E-state index contributed by atoms with van der Waals surface area (Å²) in [6.45, 7) is 12.7. The molecular formula is C28H36N4O3. The maximum Gasteiger partial charge on any atom is 0.254 e. The summed E-state index contributed by atoms with van der Waals surface area (Å²) in [7, 11) is 1.56. The van der Waals surface area contributed by atoms with Gasteiger partial charge in [0, 0.05) is 23.6 Å². The molecule has 1 aromatic heterocycles. The summed E-state index contributed by atoms with van der Waals surface area (Å²) in [5.41, 5.74) is 3.09. The fourth-order valence-electron chi connectivity index (χ4n) is 3.78. The Hall–Kier alpha value is -3.61. The molecule has 0 fully saturated rings. The van der Waals surface area contributed by atoms with Crippen molar-refractivity contribution in [3.8, 4) is 11.4 Å². The summed E-state index contributed by atoms with van der Waals surface area (Å²) in [6.07, 6.45) is 0. The van der Waals surface area contributed by atoms with Crippen LogP contribution in [0.1, 0.15) is 56.2 Å². The number of nitrogens with zero attached hydrogens (tertiary/aromatic N) is 3. The predicted octanol–water partition coefficient (Wildman–Crippen LogP) is 5.22. The van der Waals surface area contributed by atoms with Gasteiger partial charge < -0.3 is 15.0 Å². The van der Waals surface area contributed by atoms with E-state index in [-0.39, 0.29) is 29.7 Å². The van der Waals surface area contributed by atoms with E-state index in [9.17, 15) is 9.59 Å². The van der Waals surface area contributed by atoms with E-state index in [0.717, 1.165) is 16.9 Å². The van der Waals surface area contributed by atoms with Gasteiger partial charge in [0.15, 0.2) is 0 Å². The highest BCUT2D eigenvalue weighted by atomic mass is 16.5. The minimum absolute atomic E-state index is 0.0714. The zero-order valence-corrected chi connectivity index (χ0v) is 21.8. The number of methoxy groups -OCH3 is 1. The van der Waals surface area contributed by atoms with Gasteiger partial charge in [0.05, 0.1) is 18.5 Å². The van der Waals surface area contributed by atoms with Crippen LogP contribution in [0.5, 0.6) is 5.75 Å². The fraction of sp³-hybridized carbons (Fsp3) is 0.393. The van der Waals surface area contributed by atoms with Crippen molar-refractivity contribution in [3.05, 3.63) is 71.4 Å². The number of ether oxygens (including phenoxy) is 1. The van der Waals surface area contributed by atoms with Gasteiger partial charge >= 0.3 is 0 Å². The molecule has 0 radical (unpaired) electrons. The largest absolute Gasteiger partial charge is 0.497 e. The lowest BCUT2D eigenvalue weighted by atomic mass is 9.92. The molecule has 0 saturated heterocycles. The molecule has 0 bridgehead atoms. The van der Waals surface area contributed by atoms with Crippen LogP contribution in [0.3, 0.4) is 0 Å². The molecule has 0 atom stereocenters. The van der Waals surface area contributed by atoms with Gasteiger partial charge in [0.2, 0.25) is 5.91 Å². The third-order valence-electron chi connectivity index (χ3n) is 5.61. The number of amides is 2. The summed E-state index contributed by atoms with van der Waals surface area (Å²) < 4.78 is 7.03. The van der Waals surface area contributed by atoms with Gasteiger partial charge in [-0.15, -0.1) is 0 Å². The number of carbonyl (C=O) groups is 2. The highest BCUT2D eigenvalue weighted by molar-refractivity contribution is 5.99. The molecule has 0 saturated carbocycles. The molecule has 0 aliphatic heterocycles. The number of hydrogen-bond acceptors (Lipinski definition) is 4. The first kappa shape index (κ1) is 26.0. The molecule has 7 nitrogen and oxygen atoms in total. The Morgan fingerprint density at radius 2 is 1.80 bits per heavy atom. The van der Waals surface area contributed by atoms with Gasteiger partial charge in [0.1, 0.15) is 18.1 Å². The van der Waals surface area contributed by atoms with Crippen LogP contribution in [-0.2, 0) is 10.2 Å². The monoisotopic (exact) mass is 476 g/mol. The molecule has 7 heteroatoms. The maximum atomic E-state index is 13.3. The van der Waals surface area contributed by atoms with E-state index in [1.807, 2.05) is 51.1 Å². The normalized spacial score (nSPS) is 11.4. The summed E-state index contributed by atoms with van der Waals surface area (Å²) >= 11 is 0. The third-order valence-corrected chi connectivity index (χ3v) is 5.61. The minimum Gasteiger partial charge on any atom is -0.497 e. The molecule has 3 aromatic rings. The zero-order valence-electron chi connectivity index (χ0n) is 21.8. The van der Waals surface area contributed by atoms with Gasteiger partial charge in [-0.1, -0.05) is 58.9 Å². The van der Waals surface area contributed by atoms with Gasteiger partial charge in [0.25, 0.3) is 5.91 Å². The number of carbonyl (C=O) groups excluding carboxylic acids is 2. The first-order valence-electron chi connectivity index (χ1n) is 11.9. The third kappa shape index (κ3) is 6.50. The van der Waals surface area contributed by atoms with E-state index in [1.54, 1.807) is 41.0 Å². The molecular weight excluding hydrogens is 440 g/mol. The fourth-order valence-corrected chi connectivity index (χ4v) is 3.78. The molecule has 0 unspecified atom stereocenters. The van der Waals surface area contributed by atoms with Crippen molar-refractivity contribution < 1.29 is 14.3 Å². The molecule has 0 spiro atoms. The molecule has 1 N–H and O–H groups in total. The molecule has 3 rings (SSSR count). The van der Waals surface area contributed by atoms with E-state index in [0.29, 0.717) is 23.7 Å². The summed E-state index contributed by atoms with van der Waals surface area (Å²) in [4.78, 5) is 28.1. The average molecular weight is 477 g/mol. The van der Waals surface area contributed by atoms with Crippen LogP contribution in [0.25, 0.3) is 5.69 Å². The second-order valence-corrected chi connectivity index (χ2v) is 10.2. The Morgan fingerprint density at radius 1 is 1.09 bits per heavy atom. The molecule has 186 valence electrons. The Balaban J connectivity index is 1.89. The zero-order chi connectivity index (χ0) is 25.8. The quantitative estimate of drug-likeness (QED) is 0.483. The maximum absolute atomic E-state index is 13.3. The van der Waals surface area contributed by atoms with Gasteiger partial charge in [-0.25, -0.2) is 4.68 Å². The van der Waals surface area contributed by atoms with Crippen molar-refractivity contribution in [1.29, 1.82) is 0 Å². The lowest BCUT2D eigenvalue weighted by molar-refractivity contribution is -0.117. The number of anilines is 1. The first-order valence-corrected chi connectivity index (χ1v) is 11.9. The van der Waals surface area contributed by atoms with Crippen molar-refractivity contribution in [2.75, 3.05) is 25.5 Å². The Labute approximate surface area is 208 Å². The second-order valence-electron chi connectivity index (χ2n) is 10.2. The molecule has 2 amide bonds. The van der Waals surface area contributed by atoms with Crippen LogP contribution >= 0.6 is 0 Å². The van der Waals surface area contributed by atoms with Crippen molar-refractivity contribution in [2.45, 2.75) is 47.0 Å². The number of rotatable bonds is 8. The SMILES string of the molecule is COc1cccc(C(=O)N(CC(=O)Nc2cc(C(C)(C)C)nn2-c2ccccc2C)CC(C)C)c1. The van der Waals surface area contributed by atoms with E-state index >= 15 is 0 Å². The first-order chi connectivity index (χ1) is 16.5. The molecule has 0 aliphatic rings. The second kappa shape index (κ2) is 10.8. The van der Waals surface area contributed by atoms with Crippen LogP contribution in [0.15, 0.2) is 54.6 Å². The van der Waals surface area contributed by atoms with Crippen molar-refractivity contribution >= 4 is 17.6 Å². The van der Waals surface area contributed by atoms with Crippen LogP contribution < -0.4 is 10.1 Å². The molecule has 2 aromatic carbocycles. The summed E-state index contributed by atoms with van der Waals surface area (Å²) in [6, 6.07) is 16.8. The van der Waals surface area contributed by atoms with Crippen LogP contribution in [0, 0.1) is 12.8 Å². The molecule has 1 heterocycles. The number of para-hydroxylation sites is 1. The smallest absolute Gasteiger partial charge is 0.254 e. The highest BCUT2D eigenvalue weighted by Gasteiger charge is 2.24. The van der Waals surface area contributed by atoms with E-state index < -0.39 is 0 Å². The molecule has 35 heavy (non-hydrogen) atoms. The van der Waals surface area contributed by atoms with E-state index in [1.165, 1.54) is 0 Å². The van der Waals surface area contributed by atoms with Crippen molar-refractivity contribution in [2.24, 2.45) is 5.92 Å². The summed E-state index contributed by atoms with van der Waals surface area (Å²) in [5.74, 6) is 0.879. The Morgan fingerprint density at radius 3 is 2.43 bits per heavy atom. The summed E-state index contributed by atoms with van der Waals surface area (Å²) in [5, 5.41) is 7.81. The lowest BCUT2D eigenvalue weighted by Gasteiger charge is -2.24. The topological polar surface area (TPSA) is 76.5 Å². The number of nitrogens with one attached hydrogen (secondary N) is 1.